The Morgan fingerprint density at radius 3 is 1.90 bits per heavy atom. The second-order valence-electron chi connectivity index (χ2n) is 11.1. The first-order chi connectivity index (χ1) is 34.8. The van der Waals surface area contributed by atoms with Crippen LogP contribution in [0.4, 0.5) is 17.1 Å². The predicted octanol–water partition coefficient (Wildman–Crippen LogP) is 13.8. The maximum absolute atomic E-state index is 9.72. The van der Waals surface area contributed by atoms with Crippen LogP contribution >= 0.6 is 0 Å². The molecule has 0 fully saturated rings. The van der Waals surface area contributed by atoms with E-state index < -0.39 is 217 Å². The summed E-state index contributed by atoms with van der Waals surface area (Å²) in [6.45, 7) is 0. The van der Waals surface area contributed by atoms with Gasteiger partial charge in [-0.25, -0.2) is 0 Å². The van der Waals surface area contributed by atoms with Gasteiger partial charge in [-0.2, -0.15) is 0 Å². The van der Waals surface area contributed by atoms with Crippen LogP contribution in [-0.2, 0) is 0 Å². The molecule has 10 rings (SSSR count). The Morgan fingerprint density at radius 2 is 1.10 bits per heavy atom. The fraction of sp³-hybridized carbons (Fsp3) is 0. The lowest BCUT2D eigenvalue weighted by Gasteiger charge is -2.26. The normalized spacial score (nSPS) is 18.3. The Bertz CT molecular complexity index is 4200. The summed E-state index contributed by atoms with van der Waals surface area (Å²) in [6.07, 6.45) is 0. The van der Waals surface area contributed by atoms with Crippen LogP contribution in [0.15, 0.2) is 192 Å². The van der Waals surface area contributed by atoms with Crippen LogP contribution in [0.3, 0.4) is 0 Å². The van der Waals surface area contributed by atoms with Crippen molar-refractivity contribution in [3.8, 4) is 22.3 Å². The minimum absolute atomic E-state index is 0.214. The van der Waals surface area contributed by atoms with Crippen molar-refractivity contribution in [1.82, 2.24) is 0 Å². The summed E-state index contributed by atoms with van der Waals surface area (Å²) in [5.41, 5.74) is -5.47. The first-order valence-electron chi connectivity index (χ1n) is 27.1. The van der Waals surface area contributed by atoms with Gasteiger partial charge in [0.05, 0.1) is 44.0 Å². The Hall–Kier alpha value is -6.64. The molecule has 0 saturated heterocycles. The van der Waals surface area contributed by atoms with Gasteiger partial charge in [-0.15, -0.1) is 0 Å². The third-order valence-corrected chi connectivity index (χ3v) is 8.22. The van der Waals surface area contributed by atoms with Crippen molar-refractivity contribution in [2.45, 2.75) is 0 Å². The summed E-state index contributed by atoms with van der Waals surface area (Å²) in [5, 5.41) is -1.79. The summed E-state index contributed by atoms with van der Waals surface area (Å²) in [6, 6.07) is -9.24. The monoisotopic (exact) mass is 661 g/mol. The van der Waals surface area contributed by atoms with Gasteiger partial charge in [0, 0.05) is 22.1 Å². The largest absolute Gasteiger partial charge is 0.455 e. The lowest BCUT2D eigenvalue weighted by Crippen LogP contribution is -2.10. The topological polar surface area (TPSA) is 16.4 Å². The molecule has 0 amide bonds. The van der Waals surface area contributed by atoms with Crippen LogP contribution in [0.1, 0.15) is 32.9 Å². The lowest BCUT2D eigenvalue weighted by molar-refractivity contribution is 0.672. The van der Waals surface area contributed by atoms with Gasteiger partial charge in [-0.1, -0.05) is 139 Å². The highest BCUT2D eigenvalue weighted by Gasteiger charge is 2.20. The van der Waals surface area contributed by atoms with E-state index in [1.165, 1.54) is 0 Å². The van der Waals surface area contributed by atoms with E-state index in [1.54, 1.807) is 36.4 Å². The molecule has 50 heavy (non-hydrogen) atoms. The molecule has 0 N–H and O–H groups in total. The first-order valence-corrected chi connectivity index (χ1v) is 15.1. The molecule has 0 atom stereocenters. The van der Waals surface area contributed by atoms with Crippen molar-refractivity contribution < 1.29 is 37.3 Å². The number of fused-ring (bicyclic) bond motifs is 7. The van der Waals surface area contributed by atoms with Crippen molar-refractivity contribution in [1.29, 1.82) is 0 Å². The van der Waals surface area contributed by atoms with Gasteiger partial charge in [0.25, 0.3) is 0 Å². The zero-order valence-corrected chi connectivity index (χ0v) is 25.4. The minimum Gasteiger partial charge on any atom is -0.455 e. The average Bonchev–Trinajstić information content (AvgIpc) is 3.77. The first kappa shape index (κ1) is 13.3. The molecule has 0 radical (unpaired) electrons. The molecule has 10 aromatic rings. The Morgan fingerprint density at radius 1 is 0.440 bits per heavy atom. The maximum atomic E-state index is 9.72. The summed E-state index contributed by atoms with van der Waals surface area (Å²) < 4.78 is 224. The highest BCUT2D eigenvalue weighted by molar-refractivity contribution is 6.19. The minimum atomic E-state index is -1.14. The van der Waals surface area contributed by atoms with Gasteiger partial charge in [0.1, 0.15) is 11.2 Å². The number of anilines is 3. The van der Waals surface area contributed by atoms with Crippen LogP contribution in [0.2, 0.25) is 0 Å². The van der Waals surface area contributed by atoms with E-state index >= 15 is 0 Å². The van der Waals surface area contributed by atoms with Gasteiger partial charge in [-0.3, -0.25) is 0 Å². The molecule has 1 aromatic heterocycles. The second-order valence-corrected chi connectivity index (χ2v) is 11.1. The molecule has 0 saturated carbocycles. The zero-order chi connectivity index (χ0) is 53.9. The molecule has 2 nitrogen and oxygen atoms in total. The maximum Gasteiger partial charge on any atom is 0.143 e. The number of furan rings is 1. The van der Waals surface area contributed by atoms with Crippen LogP contribution in [0.25, 0.3) is 76.5 Å². The fourth-order valence-electron chi connectivity index (χ4n) is 5.90. The van der Waals surface area contributed by atoms with E-state index in [-0.39, 0.29) is 11.1 Å². The second kappa shape index (κ2) is 11.5. The van der Waals surface area contributed by atoms with E-state index in [0.717, 1.165) is 5.39 Å². The number of nitrogens with zero attached hydrogens (tertiary/aromatic N) is 1. The van der Waals surface area contributed by atoms with E-state index in [2.05, 4.69) is 0 Å². The van der Waals surface area contributed by atoms with Crippen LogP contribution in [-0.4, -0.2) is 0 Å². The smallest absolute Gasteiger partial charge is 0.143 e. The van der Waals surface area contributed by atoms with Crippen LogP contribution in [0.5, 0.6) is 0 Å². The van der Waals surface area contributed by atoms with E-state index in [9.17, 15) is 13.7 Å². The highest BCUT2D eigenvalue weighted by Crippen LogP contribution is 2.45. The van der Waals surface area contributed by atoms with Crippen LogP contribution in [0, 0.1) is 0 Å². The summed E-state index contributed by atoms with van der Waals surface area (Å²) >= 11 is 0. The Balaban J connectivity index is 1.41. The van der Waals surface area contributed by atoms with Crippen molar-refractivity contribution in [3.63, 3.8) is 0 Å². The van der Waals surface area contributed by atoms with E-state index in [4.69, 9.17) is 23.6 Å². The third kappa shape index (κ3) is 4.65. The number of rotatable bonds is 5. The molecule has 9 aromatic carbocycles. The van der Waals surface area contributed by atoms with E-state index in [0.29, 0.717) is 10.3 Å². The summed E-state index contributed by atoms with van der Waals surface area (Å²) in [7, 11) is 0. The molecule has 2 heteroatoms. The van der Waals surface area contributed by atoms with Gasteiger partial charge < -0.3 is 9.32 Å². The summed E-state index contributed by atoms with van der Waals surface area (Å²) in [5.74, 6) is 0. The fourth-order valence-corrected chi connectivity index (χ4v) is 5.90. The predicted molar refractivity (Wildman–Crippen MR) is 212 cm³/mol. The summed E-state index contributed by atoms with van der Waals surface area (Å²) in [4.78, 5) is 0.592. The van der Waals surface area contributed by atoms with Crippen molar-refractivity contribution in [2.24, 2.45) is 0 Å². The molecule has 234 valence electrons. The molecule has 0 aliphatic carbocycles. The molecule has 0 unspecified atom stereocenters. The molecule has 0 spiro atoms. The number of hydrogen-bond acceptors (Lipinski definition) is 2. The molecule has 0 aliphatic heterocycles. The lowest BCUT2D eigenvalue weighted by atomic mass is 9.98. The zero-order valence-electron chi connectivity index (χ0n) is 49.4. The SMILES string of the molecule is [2H]c1c([2H])c(N(c2c([2H])c([2H])c(-c3c([2H])c([2H])c([2H])c4c([2H])c([2H])c([2H])c([2H])c34)c([2H])c2[2H])c2c([2H])c([2H])c([2H])c3oc4c5c([2H])c([2H])c([2H])c([2H])c5c([2H])c([2H])c4c23)c([2H])c([2H])c1-c1ccc2ccccc2c1. The molecule has 0 bridgehead atoms. The standard InChI is InChI=1S/C48H31NO/c1-2-12-37-31-38(20-19-32(37)9-1)33-21-26-39(27-22-33)49(40-28-23-36(24-29-40)42-16-7-13-34-10-3-5-14-41(34)42)45-17-8-18-46-47(45)44-30-25-35-11-4-6-15-43(35)48(44)50-46/h1-31H/i3D,4D,5D,6D,7D,8D,10D,11D,13D,14D,15D,16D,17D,18D,21D,22D,23D,24D,25D,26D,27D,28D,29D,30D. The van der Waals surface area contributed by atoms with Crippen molar-refractivity contribution in [3.05, 3.63) is 187 Å². The number of benzene rings is 9. The Kier molecular flexibility index (Phi) is 3.07. The van der Waals surface area contributed by atoms with Crippen molar-refractivity contribution in [2.75, 3.05) is 4.90 Å². The number of hydrogen-bond donors (Lipinski definition) is 0. The van der Waals surface area contributed by atoms with Crippen molar-refractivity contribution >= 4 is 71.3 Å². The molecular weight excluding hydrogens is 607 g/mol. The Labute approximate surface area is 323 Å². The van der Waals surface area contributed by atoms with Crippen LogP contribution < -0.4 is 4.90 Å². The van der Waals surface area contributed by atoms with Gasteiger partial charge >= 0.3 is 0 Å². The molecule has 1 heterocycles. The highest BCUT2D eigenvalue weighted by atomic mass is 16.3. The quantitative estimate of drug-likeness (QED) is 0.182. The van der Waals surface area contributed by atoms with Gasteiger partial charge in [0.2, 0.25) is 0 Å². The molecular formula is C48H31NO. The average molecular weight is 662 g/mol. The van der Waals surface area contributed by atoms with Gasteiger partial charge in [0.15, 0.2) is 0 Å². The van der Waals surface area contributed by atoms with E-state index in [1.807, 2.05) is 6.07 Å². The molecule has 0 aliphatic rings. The third-order valence-electron chi connectivity index (χ3n) is 8.22. The van der Waals surface area contributed by atoms with Gasteiger partial charge in [-0.05, 0) is 97.5 Å².